The maximum Gasteiger partial charge on any atom is 0.246 e. The zero-order valence-corrected chi connectivity index (χ0v) is 16.2. The van der Waals surface area contributed by atoms with Crippen molar-refractivity contribution in [2.75, 3.05) is 19.6 Å². The molecule has 1 aliphatic heterocycles. The standard InChI is InChI=1S/C21H28N4O2/c1-15(2)21(27)22-11-8-19-23-17-6-4-5-7-18(17)25(19)14-20(26)24-12-9-16(3)10-13-24/h4-7,16H,1,8-14H2,2-3H3,(H,22,27). The summed E-state index contributed by atoms with van der Waals surface area (Å²) < 4.78 is 1.99. The van der Waals surface area contributed by atoms with Gasteiger partial charge in [0.15, 0.2) is 0 Å². The largest absolute Gasteiger partial charge is 0.352 e. The summed E-state index contributed by atoms with van der Waals surface area (Å²) in [7, 11) is 0. The van der Waals surface area contributed by atoms with Crippen molar-refractivity contribution >= 4 is 22.8 Å². The molecule has 1 aromatic heterocycles. The summed E-state index contributed by atoms with van der Waals surface area (Å²) in [6, 6.07) is 7.85. The molecule has 1 saturated heterocycles. The van der Waals surface area contributed by atoms with Crippen molar-refractivity contribution < 1.29 is 9.59 Å². The molecule has 144 valence electrons. The molecule has 1 aliphatic rings. The number of nitrogens with one attached hydrogen (secondary N) is 1. The summed E-state index contributed by atoms with van der Waals surface area (Å²) in [6.45, 7) is 9.98. The Morgan fingerprint density at radius 3 is 2.67 bits per heavy atom. The second-order valence-electron chi connectivity index (χ2n) is 7.45. The van der Waals surface area contributed by atoms with Gasteiger partial charge in [0.25, 0.3) is 0 Å². The van der Waals surface area contributed by atoms with Crippen molar-refractivity contribution in [3.63, 3.8) is 0 Å². The Morgan fingerprint density at radius 1 is 1.26 bits per heavy atom. The number of aromatic nitrogens is 2. The minimum absolute atomic E-state index is 0.136. The van der Waals surface area contributed by atoms with E-state index in [1.807, 2.05) is 33.7 Å². The van der Waals surface area contributed by atoms with E-state index in [9.17, 15) is 9.59 Å². The molecule has 0 atom stereocenters. The summed E-state index contributed by atoms with van der Waals surface area (Å²) in [4.78, 5) is 31.2. The molecular formula is C21H28N4O2. The molecule has 27 heavy (non-hydrogen) atoms. The summed E-state index contributed by atoms with van der Waals surface area (Å²) in [6.07, 6.45) is 2.70. The SMILES string of the molecule is C=C(C)C(=O)NCCc1nc2ccccc2n1CC(=O)N1CCC(C)CC1. The number of fused-ring (bicyclic) bond motifs is 1. The number of likely N-dealkylation sites (tertiary alicyclic amines) is 1. The molecule has 0 radical (unpaired) electrons. The number of para-hydroxylation sites is 2. The van der Waals surface area contributed by atoms with E-state index in [2.05, 4.69) is 23.8 Å². The van der Waals surface area contributed by atoms with Crippen LogP contribution < -0.4 is 5.32 Å². The van der Waals surface area contributed by atoms with Crippen molar-refractivity contribution in [1.82, 2.24) is 19.8 Å². The lowest BCUT2D eigenvalue weighted by Crippen LogP contribution is -2.40. The van der Waals surface area contributed by atoms with Gasteiger partial charge >= 0.3 is 0 Å². The topological polar surface area (TPSA) is 67.2 Å². The second-order valence-corrected chi connectivity index (χ2v) is 7.45. The molecule has 0 aliphatic carbocycles. The Kier molecular flexibility index (Phi) is 5.94. The number of carbonyl (C=O) groups excluding carboxylic acids is 2. The molecule has 0 bridgehead atoms. The third-order valence-corrected chi connectivity index (χ3v) is 5.19. The first-order chi connectivity index (χ1) is 13.0. The van der Waals surface area contributed by atoms with E-state index in [-0.39, 0.29) is 11.8 Å². The Morgan fingerprint density at radius 2 is 1.96 bits per heavy atom. The Balaban J connectivity index is 1.75. The Hall–Kier alpha value is -2.63. The zero-order valence-electron chi connectivity index (χ0n) is 16.2. The highest BCUT2D eigenvalue weighted by Gasteiger charge is 2.22. The molecule has 1 aromatic carbocycles. The molecule has 0 spiro atoms. The van der Waals surface area contributed by atoms with Crippen LogP contribution in [0.25, 0.3) is 11.0 Å². The van der Waals surface area contributed by atoms with Crippen LogP contribution in [0.4, 0.5) is 0 Å². The number of benzene rings is 1. The number of piperidine rings is 1. The van der Waals surface area contributed by atoms with E-state index < -0.39 is 0 Å². The van der Waals surface area contributed by atoms with Crippen LogP contribution in [0, 0.1) is 5.92 Å². The van der Waals surface area contributed by atoms with Gasteiger partial charge in [-0.1, -0.05) is 25.6 Å². The van der Waals surface area contributed by atoms with E-state index in [0.29, 0.717) is 31.0 Å². The van der Waals surface area contributed by atoms with Gasteiger partial charge in [-0.2, -0.15) is 0 Å². The average molecular weight is 368 g/mol. The summed E-state index contributed by atoms with van der Waals surface area (Å²) in [5, 5.41) is 2.84. The van der Waals surface area contributed by atoms with Crippen molar-refractivity contribution in [2.24, 2.45) is 5.92 Å². The van der Waals surface area contributed by atoms with Crippen LogP contribution in [0.3, 0.4) is 0 Å². The molecule has 1 fully saturated rings. The van der Waals surface area contributed by atoms with Crippen molar-refractivity contribution in [3.8, 4) is 0 Å². The van der Waals surface area contributed by atoms with Crippen LogP contribution in [0.5, 0.6) is 0 Å². The number of rotatable bonds is 6. The summed E-state index contributed by atoms with van der Waals surface area (Å²) >= 11 is 0. The Labute approximate surface area is 160 Å². The molecule has 2 amide bonds. The maximum absolute atomic E-state index is 12.8. The van der Waals surface area contributed by atoms with Crippen LogP contribution in [-0.2, 0) is 22.6 Å². The summed E-state index contributed by atoms with van der Waals surface area (Å²) in [5.74, 6) is 1.49. The highest BCUT2D eigenvalue weighted by molar-refractivity contribution is 5.92. The highest BCUT2D eigenvalue weighted by Crippen LogP contribution is 2.19. The fraction of sp³-hybridized carbons (Fsp3) is 0.476. The zero-order chi connectivity index (χ0) is 19.4. The average Bonchev–Trinajstić information content (AvgIpc) is 2.99. The van der Waals surface area contributed by atoms with E-state index in [4.69, 9.17) is 0 Å². The van der Waals surface area contributed by atoms with Crippen LogP contribution in [0.2, 0.25) is 0 Å². The van der Waals surface area contributed by atoms with Gasteiger partial charge in [0.2, 0.25) is 11.8 Å². The Bertz CT molecular complexity index is 847. The normalized spacial score (nSPS) is 15.1. The fourth-order valence-corrected chi connectivity index (χ4v) is 3.42. The number of hydrogen-bond acceptors (Lipinski definition) is 3. The lowest BCUT2D eigenvalue weighted by molar-refractivity contribution is -0.133. The molecule has 3 rings (SSSR count). The predicted octanol–water partition coefficient (Wildman–Crippen LogP) is 2.53. The van der Waals surface area contributed by atoms with Gasteiger partial charge in [0, 0.05) is 31.6 Å². The molecule has 2 heterocycles. The molecule has 0 saturated carbocycles. The van der Waals surface area contributed by atoms with E-state index in [1.54, 1.807) is 6.92 Å². The maximum atomic E-state index is 12.8. The third kappa shape index (κ3) is 4.56. The molecule has 2 aromatic rings. The first-order valence-electron chi connectivity index (χ1n) is 9.61. The molecule has 0 unspecified atom stereocenters. The number of amides is 2. The van der Waals surface area contributed by atoms with Crippen LogP contribution in [0.1, 0.15) is 32.5 Å². The van der Waals surface area contributed by atoms with Crippen LogP contribution >= 0.6 is 0 Å². The van der Waals surface area contributed by atoms with Gasteiger partial charge in [-0.05, 0) is 37.8 Å². The predicted molar refractivity (Wildman–Crippen MR) is 106 cm³/mol. The van der Waals surface area contributed by atoms with E-state index in [0.717, 1.165) is 42.8 Å². The first kappa shape index (κ1) is 19.1. The quantitative estimate of drug-likeness (QED) is 0.797. The van der Waals surface area contributed by atoms with Gasteiger partial charge in [0.05, 0.1) is 11.0 Å². The van der Waals surface area contributed by atoms with Gasteiger partial charge in [-0.15, -0.1) is 0 Å². The smallest absolute Gasteiger partial charge is 0.246 e. The van der Waals surface area contributed by atoms with Crippen molar-refractivity contribution in [2.45, 2.75) is 39.7 Å². The van der Waals surface area contributed by atoms with Gasteiger partial charge in [-0.3, -0.25) is 9.59 Å². The van der Waals surface area contributed by atoms with Gasteiger partial charge < -0.3 is 14.8 Å². The number of hydrogen-bond donors (Lipinski definition) is 1. The molecule has 6 nitrogen and oxygen atoms in total. The number of carbonyl (C=O) groups is 2. The molecule has 1 N–H and O–H groups in total. The lowest BCUT2D eigenvalue weighted by atomic mass is 9.99. The van der Waals surface area contributed by atoms with E-state index in [1.165, 1.54) is 0 Å². The third-order valence-electron chi connectivity index (χ3n) is 5.19. The number of nitrogens with zero attached hydrogens (tertiary/aromatic N) is 3. The molecular weight excluding hydrogens is 340 g/mol. The van der Waals surface area contributed by atoms with E-state index >= 15 is 0 Å². The summed E-state index contributed by atoms with van der Waals surface area (Å²) in [5.41, 5.74) is 2.31. The van der Waals surface area contributed by atoms with Crippen molar-refractivity contribution in [3.05, 3.63) is 42.2 Å². The fourth-order valence-electron chi connectivity index (χ4n) is 3.42. The van der Waals surface area contributed by atoms with Crippen LogP contribution in [-0.4, -0.2) is 45.9 Å². The number of imidazole rings is 1. The first-order valence-corrected chi connectivity index (χ1v) is 9.61. The van der Waals surface area contributed by atoms with Crippen molar-refractivity contribution in [1.29, 1.82) is 0 Å². The lowest BCUT2D eigenvalue weighted by Gasteiger charge is -2.30. The monoisotopic (exact) mass is 368 g/mol. The second kappa shape index (κ2) is 8.37. The minimum atomic E-state index is -0.156. The van der Waals surface area contributed by atoms with Gasteiger partial charge in [0.1, 0.15) is 12.4 Å². The van der Waals surface area contributed by atoms with Gasteiger partial charge in [-0.25, -0.2) is 4.98 Å². The minimum Gasteiger partial charge on any atom is -0.352 e. The highest BCUT2D eigenvalue weighted by atomic mass is 16.2. The van der Waals surface area contributed by atoms with Crippen LogP contribution in [0.15, 0.2) is 36.4 Å². The molecule has 6 heteroatoms.